The smallest absolute Gasteiger partial charge is 0.144 e. The Morgan fingerprint density at radius 1 is 1.35 bits per heavy atom. The molecule has 0 aliphatic carbocycles. The molecule has 0 spiro atoms. The van der Waals surface area contributed by atoms with Crippen molar-refractivity contribution in [2.75, 3.05) is 0 Å². The predicted octanol–water partition coefficient (Wildman–Crippen LogP) is 1.25. The third-order valence-electron chi connectivity index (χ3n) is 2.67. The molecule has 1 aromatic carbocycles. The van der Waals surface area contributed by atoms with Crippen LogP contribution < -0.4 is 5.73 Å². The van der Waals surface area contributed by atoms with Crippen LogP contribution in [0.2, 0.25) is 0 Å². The average Bonchev–Trinajstić information content (AvgIpc) is 2.80. The first-order valence-corrected chi connectivity index (χ1v) is 5.62. The molecule has 17 heavy (non-hydrogen) atoms. The predicted molar refractivity (Wildman–Crippen MR) is 64.4 cm³/mol. The minimum Gasteiger partial charge on any atom is -0.508 e. The fourth-order valence-corrected chi connectivity index (χ4v) is 1.78. The second-order valence-corrected chi connectivity index (χ2v) is 3.91. The van der Waals surface area contributed by atoms with Crippen LogP contribution in [0.4, 0.5) is 0 Å². The summed E-state index contributed by atoms with van der Waals surface area (Å²) in [5.41, 5.74) is 7.17. The lowest BCUT2D eigenvalue weighted by atomic mass is 10.1. The van der Waals surface area contributed by atoms with E-state index >= 15 is 0 Å². The zero-order chi connectivity index (χ0) is 12.3. The van der Waals surface area contributed by atoms with E-state index in [-0.39, 0.29) is 11.8 Å². The third-order valence-corrected chi connectivity index (χ3v) is 2.67. The van der Waals surface area contributed by atoms with Crippen molar-refractivity contribution in [1.82, 2.24) is 14.8 Å². The Bertz CT molecular complexity index is 478. The van der Waals surface area contributed by atoms with Crippen LogP contribution in [0.3, 0.4) is 0 Å². The van der Waals surface area contributed by atoms with Crippen molar-refractivity contribution in [3.63, 3.8) is 0 Å². The highest BCUT2D eigenvalue weighted by Gasteiger charge is 2.13. The summed E-state index contributed by atoms with van der Waals surface area (Å²) in [6.07, 6.45) is 2.20. The maximum Gasteiger partial charge on any atom is 0.144 e. The van der Waals surface area contributed by atoms with Crippen molar-refractivity contribution in [2.24, 2.45) is 5.73 Å². The lowest BCUT2D eigenvalue weighted by Crippen LogP contribution is -2.19. The Morgan fingerprint density at radius 3 is 2.71 bits per heavy atom. The lowest BCUT2D eigenvalue weighted by Gasteiger charge is -2.11. The number of hydrogen-bond donors (Lipinski definition) is 2. The Balaban J connectivity index is 2.11. The van der Waals surface area contributed by atoms with E-state index in [1.165, 1.54) is 6.33 Å². The lowest BCUT2D eigenvalue weighted by molar-refractivity contribution is 0.475. The van der Waals surface area contributed by atoms with Gasteiger partial charge in [-0.25, -0.2) is 9.67 Å². The fourth-order valence-electron chi connectivity index (χ4n) is 1.78. The molecule has 0 aliphatic rings. The number of phenols is 1. The summed E-state index contributed by atoms with van der Waals surface area (Å²) in [7, 11) is 0. The standard InChI is InChI=1S/C12H16N4O/c1-2-16-12(14-8-15-16)11(13)7-9-3-5-10(17)6-4-9/h3-6,8,11,17H,2,7,13H2,1H3. The summed E-state index contributed by atoms with van der Waals surface area (Å²) in [6.45, 7) is 2.77. The van der Waals surface area contributed by atoms with Gasteiger partial charge in [-0.3, -0.25) is 0 Å². The van der Waals surface area contributed by atoms with Gasteiger partial charge in [-0.05, 0) is 31.0 Å². The average molecular weight is 232 g/mol. The Morgan fingerprint density at radius 2 is 2.06 bits per heavy atom. The number of rotatable bonds is 4. The highest BCUT2D eigenvalue weighted by atomic mass is 16.3. The molecule has 0 fully saturated rings. The molecule has 0 bridgehead atoms. The molecule has 1 heterocycles. The molecule has 0 amide bonds. The zero-order valence-corrected chi connectivity index (χ0v) is 9.74. The van der Waals surface area contributed by atoms with E-state index in [0.717, 1.165) is 17.9 Å². The number of nitrogens with two attached hydrogens (primary N) is 1. The number of nitrogens with zero attached hydrogens (tertiary/aromatic N) is 3. The van der Waals surface area contributed by atoms with Crippen LogP contribution in [0.25, 0.3) is 0 Å². The van der Waals surface area contributed by atoms with E-state index in [9.17, 15) is 5.11 Å². The molecule has 5 heteroatoms. The summed E-state index contributed by atoms with van der Waals surface area (Å²) in [4.78, 5) is 4.18. The van der Waals surface area contributed by atoms with Crippen LogP contribution in [-0.2, 0) is 13.0 Å². The summed E-state index contributed by atoms with van der Waals surface area (Å²) in [5, 5.41) is 13.3. The van der Waals surface area contributed by atoms with Crippen LogP contribution in [0.15, 0.2) is 30.6 Å². The largest absolute Gasteiger partial charge is 0.508 e. The topological polar surface area (TPSA) is 77.0 Å². The summed E-state index contributed by atoms with van der Waals surface area (Å²) in [6, 6.07) is 6.87. The van der Waals surface area contributed by atoms with Crippen molar-refractivity contribution in [3.8, 4) is 5.75 Å². The third kappa shape index (κ3) is 2.62. The van der Waals surface area contributed by atoms with Crippen LogP contribution >= 0.6 is 0 Å². The van der Waals surface area contributed by atoms with E-state index in [2.05, 4.69) is 10.1 Å². The van der Waals surface area contributed by atoms with Crippen molar-refractivity contribution < 1.29 is 5.11 Å². The molecule has 0 radical (unpaired) electrons. The van der Waals surface area contributed by atoms with Crippen LogP contribution in [0, 0.1) is 0 Å². The first-order chi connectivity index (χ1) is 8.20. The monoisotopic (exact) mass is 232 g/mol. The molecule has 0 aliphatic heterocycles. The van der Waals surface area contributed by atoms with Gasteiger partial charge in [0.25, 0.3) is 0 Å². The second kappa shape index (κ2) is 4.97. The second-order valence-electron chi connectivity index (χ2n) is 3.91. The Hall–Kier alpha value is -1.88. The molecule has 1 unspecified atom stereocenters. The SMILES string of the molecule is CCn1ncnc1C(N)Cc1ccc(O)cc1. The van der Waals surface area contributed by atoms with Gasteiger partial charge >= 0.3 is 0 Å². The van der Waals surface area contributed by atoms with Gasteiger partial charge in [-0.15, -0.1) is 0 Å². The van der Waals surface area contributed by atoms with Gasteiger partial charge in [-0.2, -0.15) is 5.10 Å². The Labute approximate surface area is 99.9 Å². The van der Waals surface area contributed by atoms with Gasteiger partial charge in [0.2, 0.25) is 0 Å². The van der Waals surface area contributed by atoms with E-state index < -0.39 is 0 Å². The van der Waals surface area contributed by atoms with Crippen LogP contribution in [-0.4, -0.2) is 19.9 Å². The highest BCUT2D eigenvalue weighted by molar-refractivity contribution is 5.26. The minimum atomic E-state index is -0.179. The van der Waals surface area contributed by atoms with Gasteiger partial charge in [0, 0.05) is 6.54 Å². The molecule has 2 rings (SSSR count). The number of aryl methyl sites for hydroxylation is 1. The molecule has 0 saturated heterocycles. The highest BCUT2D eigenvalue weighted by Crippen LogP contribution is 2.16. The molecule has 3 N–H and O–H groups in total. The summed E-state index contributed by atoms with van der Waals surface area (Å²) in [5.74, 6) is 1.06. The van der Waals surface area contributed by atoms with Crippen LogP contribution in [0.1, 0.15) is 24.4 Å². The number of aromatic nitrogens is 3. The van der Waals surface area contributed by atoms with Crippen LogP contribution in [0.5, 0.6) is 5.75 Å². The molecular formula is C12H16N4O. The number of phenolic OH excluding ortho intramolecular Hbond substituents is 1. The van der Waals surface area contributed by atoms with Gasteiger partial charge in [0.1, 0.15) is 17.9 Å². The van der Waals surface area contributed by atoms with Crippen molar-refractivity contribution in [1.29, 1.82) is 0 Å². The first-order valence-electron chi connectivity index (χ1n) is 5.62. The van der Waals surface area contributed by atoms with E-state index in [1.807, 2.05) is 19.1 Å². The molecule has 0 saturated carbocycles. The van der Waals surface area contributed by atoms with Gasteiger partial charge in [-0.1, -0.05) is 12.1 Å². The number of benzene rings is 1. The normalized spacial score (nSPS) is 12.6. The van der Waals surface area contributed by atoms with E-state index in [0.29, 0.717) is 6.42 Å². The van der Waals surface area contributed by atoms with Gasteiger partial charge < -0.3 is 10.8 Å². The van der Waals surface area contributed by atoms with Crippen molar-refractivity contribution in [2.45, 2.75) is 25.9 Å². The summed E-state index contributed by atoms with van der Waals surface area (Å²) >= 11 is 0. The molecule has 5 nitrogen and oxygen atoms in total. The van der Waals surface area contributed by atoms with E-state index in [1.54, 1.807) is 16.8 Å². The maximum atomic E-state index is 9.20. The van der Waals surface area contributed by atoms with Gasteiger partial charge in [0.15, 0.2) is 0 Å². The zero-order valence-electron chi connectivity index (χ0n) is 9.74. The number of hydrogen-bond acceptors (Lipinski definition) is 4. The quantitative estimate of drug-likeness (QED) is 0.831. The Kier molecular flexibility index (Phi) is 3.39. The molecular weight excluding hydrogens is 216 g/mol. The van der Waals surface area contributed by atoms with Crippen molar-refractivity contribution in [3.05, 3.63) is 42.0 Å². The summed E-state index contributed by atoms with van der Waals surface area (Å²) < 4.78 is 1.80. The van der Waals surface area contributed by atoms with Crippen molar-refractivity contribution >= 4 is 0 Å². The first kappa shape index (κ1) is 11.6. The molecule has 90 valence electrons. The van der Waals surface area contributed by atoms with Gasteiger partial charge in [0.05, 0.1) is 6.04 Å². The number of aromatic hydroxyl groups is 1. The van der Waals surface area contributed by atoms with E-state index in [4.69, 9.17) is 5.73 Å². The minimum absolute atomic E-state index is 0.179. The maximum absolute atomic E-state index is 9.20. The molecule has 2 aromatic rings. The molecule has 1 aromatic heterocycles. The fraction of sp³-hybridized carbons (Fsp3) is 0.333. The molecule has 1 atom stereocenters.